The molecule has 0 amide bonds. The Morgan fingerprint density at radius 3 is 1.93 bits per heavy atom. The molecule has 10 heteroatoms. The lowest BCUT2D eigenvalue weighted by atomic mass is 9.99. The summed E-state index contributed by atoms with van der Waals surface area (Å²) in [6.07, 6.45) is -4.40. The summed E-state index contributed by atoms with van der Waals surface area (Å²) in [5, 5.41) is -0.900. The van der Waals surface area contributed by atoms with Crippen molar-refractivity contribution >= 4 is 39.8 Å². The first kappa shape index (κ1) is 22.8. The molecule has 1 heterocycles. The normalized spacial score (nSPS) is 26.1. The molecule has 0 N–H and O–H groups in total. The molecule has 1 fully saturated rings. The molecule has 0 aliphatic carbocycles. The van der Waals surface area contributed by atoms with Crippen LogP contribution in [0.3, 0.4) is 0 Å². The van der Waals surface area contributed by atoms with Gasteiger partial charge < -0.3 is 23.7 Å². The molecule has 1 aliphatic rings. The van der Waals surface area contributed by atoms with Gasteiger partial charge >= 0.3 is 23.9 Å². The predicted octanol–water partition coefficient (Wildman–Crippen LogP) is 1.76. The maximum atomic E-state index is 12.2. The van der Waals surface area contributed by atoms with Crippen LogP contribution in [0.2, 0.25) is 0 Å². The molecule has 29 heavy (non-hydrogen) atoms. The molecule has 0 aromatic heterocycles. The Labute approximate surface area is 175 Å². The molecular formula is C19H21BrO9. The molecule has 9 nitrogen and oxygen atoms in total. The van der Waals surface area contributed by atoms with Crippen LogP contribution >= 0.6 is 15.9 Å². The average Bonchev–Trinajstić information content (AvgIpc) is 2.65. The van der Waals surface area contributed by atoms with Gasteiger partial charge in [0.1, 0.15) is 12.7 Å². The van der Waals surface area contributed by atoms with E-state index in [2.05, 4.69) is 15.9 Å². The zero-order valence-electron chi connectivity index (χ0n) is 16.0. The summed E-state index contributed by atoms with van der Waals surface area (Å²) in [6.45, 7) is 3.22. The SMILES string of the molecule is CC(=O)OC1C(Br)OC(COC(=O)c2ccccc2)C(OC(C)=O)C1OC(C)=O. The number of benzene rings is 1. The van der Waals surface area contributed by atoms with Gasteiger partial charge in [0.25, 0.3) is 0 Å². The van der Waals surface area contributed by atoms with Crippen molar-refractivity contribution in [3.63, 3.8) is 0 Å². The van der Waals surface area contributed by atoms with E-state index < -0.39 is 53.3 Å². The molecule has 5 atom stereocenters. The maximum Gasteiger partial charge on any atom is 0.338 e. The highest BCUT2D eigenvalue weighted by molar-refractivity contribution is 9.09. The van der Waals surface area contributed by atoms with Gasteiger partial charge in [-0.25, -0.2) is 4.79 Å². The minimum Gasteiger partial charge on any atom is -0.459 e. The fraction of sp³-hybridized carbons (Fsp3) is 0.474. The van der Waals surface area contributed by atoms with E-state index in [0.29, 0.717) is 5.56 Å². The summed E-state index contributed by atoms with van der Waals surface area (Å²) in [6, 6.07) is 8.29. The van der Waals surface area contributed by atoms with E-state index in [1.165, 1.54) is 20.8 Å². The van der Waals surface area contributed by atoms with Gasteiger partial charge in [-0.1, -0.05) is 34.1 Å². The minimum atomic E-state index is -1.17. The Balaban J connectivity index is 2.22. The van der Waals surface area contributed by atoms with Crippen LogP contribution in [0.5, 0.6) is 0 Å². The van der Waals surface area contributed by atoms with Crippen molar-refractivity contribution < 1.29 is 42.9 Å². The smallest absolute Gasteiger partial charge is 0.338 e. The van der Waals surface area contributed by atoms with Crippen molar-refractivity contribution in [3.05, 3.63) is 35.9 Å². The number of carbonyl (C=O) groups excluding carboxylic acids is 4. The predicted molar refractivity (Wildman–Crippen MR) is 101 cm³/mol. The Morgan fingerprint density at radius 2 is 1.38 bits per heavy atom. The van der Waals surface area contributed by atoms with E-state index >= 15 is 0 Å². The Bertz CT molecular complexity index is 751. The van der Waals surface area contributed by atoms with Crippen LogP contribution in [-0.4, -0.2) is 59.9 Å². The van der Waals surface area contributed by atoms with Gasteiger partial charge in [-0.05, 0) is 12.1 Å². The number of esters is 4. The van der Waals surface area contributed by atoms with Gasteiger partial charge in [-0.15, -0.1) is 0 Å². The summed E-state index contributed by atoms with van der Waals surface area (Å²) in [5.74, 6) is -2.60. The van der Waals surface area contributed by atoms with Crippen molar-refractivity contribution in [1.29, 1.82) is 0 Å². The summed E-state index contributed by atoms with van der Waals surface area (Å²) in [5.41, 5.74) is 0.331. The molecule has 1 aliphatic heterocycles. The third kappa shape index (κ3) is 6.53. The topological polar surface area (TPSA) is 114 Å². The van der Waals surface area contributed by atoms with E-state index in [9.17, 15) is 19.2 Å². The molecule has 0 radical (unpaired) electrons. The number of carbonyl (C=O) groups is 4. The van der Waals surface area contributed by atoms with Crippen LogP contribution < -0.4 is 0 Å². The zero-order valence-corrected chi connectivity index (χ0v) is 17.6. The second kappa shape index (κ2) is 10.4. The molecule has 1 aromatic carbocycles. The van der Waals surface area contributed by atoms with Crippen LogP contribution in [0.15, 0.2) is 30.3 Å². The number of hydrogen-bond acceptors (Lipinski definition) is 9. The van der Waals surface area contributed by atoms with Crippen molar-refractivity contribution in [3.8, 4) is 0 Å². The maximum absolute atomic E-state index is 12.2. The molecule has 0 bridgehead atoms. The van der Waals surface area contributed by atoms with E-state index in [-0.39, 0.29) is 6.61 Å². The molecule has 158 valence electrons. The first-order valence-electron chi connectivity index (χ1n) is 8.72. The molecule has 2 rings (SSSR count). The van der Waals surface area contributed by atoms with Crippen molar-refractivity contribution in [1.82, 2.24) is 0 Å². The Morgan fingerprint density at radius 1 is 0.862 bits per heavy atom. The molecule has 1 aromatic rings. The zero-order chi connectivity index (χ0) is 21.6. The number of hydrogen-bond donors (Lipinski definition) is 0. The van der Waals surface area contributed by atoms with Crippen molar-refractivity contribution in [2.24, 2.45) is 0 Å². The third-order valence-corrected chi connectivity index (χ3v) is 4.61. The first-order chi connectivity index (χ1) is 13.7. The first-order valence-corrected chi connectivity index (χ1v) is 9.64. The van der Waals surface area contributed by atoms with Gasteiger partial charge in [0.2, 0.25) is 0 Å². The standard InChI is InChI=1S/C19H21BrO9/c1-10(21)26-15-14(9-25-19(24)13-7-5-4-6-8-13)29-18(20)17(28-12(3)23)16(15)27-11(2)22/h4-8,14-18H,9H2,1-3H3. The van der Waals surface area contributed by atoms with Crippen molar-refractivity contribution in [2.75, 3.05) is 6.61 Å². The third-order valence-electron chi connectivity index (χ3n) is 3.87. The summed E-state index contributed by atoms with van der Waals surface area (Å²) < 4.78 is 26.7. The van der Waals surface area contributed by atoms with Gasteiger partial charge in [-0.3, -0.25) is 14.4 Å². The van der Waals surface area contributed by atoms with Crippen LogP contribution in [0.4, 0.5) is 0 Å². The van der Waals surface area contributed by atoms with Crippen molar-refractivity contribution in [2.45, 2.75) is 50.2 Å². The summed E-state index contributed by atoms with van der Waals surface area (Å²) >= 11 is 3.23. The van der Waals surface area contributed by atoms with Gasteiger partial charge in [0, 0.05) is 20.8 Å². The monoisotopic (exact) mass is 472 g/mol. The number of ether oxygens (including phenoxy) is 5. The Kier molecular flexibility index (Phi) is 8.15. The molecule has 5 unspecified atom stereocenters. The fourth-order valence-electron chi connectivity index (χ4n) is 2.79. The average molecular weight is 473 g/mol. The van der Waals surface area contributed by atoms with E-state index in [0.717, 1.165) is 0 Å². The van der Waals surface area contributed by atoms with Crippen LogP contribution in [0, 0.1) is 0 Å². The second-order valence-electron chi connectivity index (χ2n) is 6.21. The van der Waals surface area contributed by atoms with Gasteiger partial charge in [-0.2, -0.15) is 0 Å². The van der Waals surface area contributed by atoms with E-state index in [4.69, 9.17) is 23.7 Å². The van der Waals surface area contributed by atoms with E-state index in [1.54, 1.807) is 30.3 Å². The highest BCUT2D eigenvalue weighted by Gasteiger charge is 2.51. The molecule has 0 spiro atoms. The fourth-order valence-corrected chi connectivity index (χ4v) is 3.48. The quantitative estimate of drug-likeness (QED) is 0.346. The van der Waals surface area contributed by atoms with Crippen LogP contribution in [0.25, 0.3) is 0 Å². The highest BCUT2D eigenvalue weighted by Crippen LogP contribution is 2.31. The number of alkyl halides is 1. The lowest BCUT2D eigenvalue weighted by molar-refractivity contribution is -0.234. The minimum absolute atomic E-state index is 0.293. The molecule has 1 saturated heterocycles. The second-order valence-corrected chi connectivity index (χ2v) is 7.11. The summed E-state index contributed by atoms with van der Waals surface area (Å²) in [7, 11) is 0. The van der Waals surface area contributed by atoms with Gasteiger partial charge in [0.15, 0.2) is 23.3 Å². The molecule has 0 saturated carbocycles. The van der Waals surface area contributed by atoms with Crippen LogP contribution in [0.1, 0.15) is 31.1 Å². The molecular weight excluding hydrogens is 452 g/mol. The van der Waals surface area contributed by atoms with Gasteiger partial charge in [0.05, 0.1) is 5.56 Å². The number of rotatable bonds is 6. The highest BCUT2D eigenvalue weighted by atomic mass is 79.9. The van der Waals surface area contributed by atoms with Crippen LogP contribution in [-0.2, 0) is 38.1 Å². The Hall–Kier alpha value is -2.46. The largest absolute Gasteiger partial charge is 0.459 e. The number of halogens is 1. The lowest BCUT2D eigenvalue weighted by Gasteiger charge is -2.42. The van der Waals surface area contributed by atoms with E-state index in [1.807, 2.05) is 0 Å². The summed E-state index contributed by atoms with van der Waals surface area (Å²) in [4.78, 5) is 46.9. The lowest BCUT2D eigenvalue weighted by Crippen LogP contribution is -2.60.